The van der Waals surface area contributed by atoms with Crippen LogP contribution in [0.15, 0.2) is 52.4 Å². The first-order chi connectivity index (χ1) is 14.0. The average Bonchev–Trinajstić information content (AvgIpc) is 3.20. The molecule has 2 aromatic carbocycles. The van der Waals surface area contributed by atoms with Crippen LogP contribution >= 0.6 is 0 Å². The van der Waals surface area contributed by atoms with E-state index >= 15 is 0 Å². The monoisotopic (exact) mass is 416 g/mol. The van der Waals surface area contributed by atoms with E-state index < -0.39 is 10.0 Å². The van der Waals surface area contributed by atoms with E-state index in [0.29, 0.717) is 6.54 Å². The highest BCUT2D eigenvalue weighted by Crippen LogP contribution is 2.25. The third-order valence-corrected chi connectivity index (χ3v) is 6.16. The molecule has 156 valence electrons. The van der Waals surface area contributed by atoms with E-state index in [-0.39, 0.29) is 4.90 Å². The van der Waals surface area contributed by atoms with Crippen molar-refractivity contribution in [1.29, 1.82) is 0 Å². The van der Waals surface area contributed by atoms with Crippen molar-refractivity contribution in [1.82, 2.24) is 15.4 Å². The Hall–Kier alpha value is -2.58. The summed E-state index contributed by atoms with van der Waals surface area (Å²) in [5.74, 6) is 1.74. The lowest BCUT2D eigenvalue weighted by Gasteiger charge is -2.12. The Balaban J connectivity index is 1.55. The zero-order chi connectivity index (χ0) is 20.7. The summed E-state index contributed by atoms with van der Waals surface area (Å²) >= 11 is 0. The van der Waals surface area contributed by atoms with Gasteiger partial charge in [-0.15, -0.1) is 0 Å². The van der Waals surface area contributed by atoms with Crippen molar-refractivity contribution in [2.45, 2.75) is 31.2 Å². The van der Waals surface area contributed by atoms with Crippen molar-refractivity contribution in [3.05, 3.63) is 59.2 Å². The SMILES string of the molecule is CCNC(=NCc1ccc(S(=O)(=O)NC)cc1)NCCc1ccc2c(c1)CCO2. The number of rotatable bonds is 8. The molecule has 0 unspecified atom stereocenters. The molecule has 3 N–H and O–H groups in total. The van der Waals surface area contributed by atoms with Gasteiger partial charge in [0.2, 0.25) is 10.0 Å². The number of sulfonamides is 1. The molecule has 7 nitrogen and oxygen atoms in total. The summed E-state index contributed by atoms with van der Waals surface area (Å²) in [7, 11) is -2.01. The van der Waals surface area contributed by atoms with Crippen molar-refractivity contribution in [2.75, 3.05) is 26.7 Å². The highest BCUT2D eigenvalue weighted by Gasteiger charge is 2.12. The number of nitrogens with zero attached hydrogens (tertiary/aromatic N) is 1. The second-order valence-electron chi connectivity index (χ2n) is 6.76. The second-order valence-corrected chi connectivity index (χ2v) is 8.65. The van der Waals surface area contributed by atoms with E-state index in [1.807, 2.05) is 6.92 Å². The molecule has 0 bridgehead atoms. The molecule has 29 heavy (non-hydrogen) atoms. The van der Waals surface area contributed by atoms with Gasteiger partial charge >= 0.3 is 0 Å². The maximum Gasteiger partial charge on any atom is 0.240 e. The van der Waals surface area contributed by atoms with Gasteiger partial charge < -0.3 is 15.4 Å². The summed E-state index contributed by atoms with van der Waals surface area (Å²) in [6.45, 7) is 4.79. The van der Waals surface area contributed by atoms with E-state index in [0.717, 1.165) is 49.8 Å². The molecule has 0 saturated heterocycles. The van der Waals surface area contributed by atoms with Crippen LogP contribution in [0.1, 0.15) is 23.6 Å². The number of benzene rings is 2. The van der Waals surface area contributed by atoms with Gasteiger partial charge in [-0.05, 0) is 55.3 Å². The van der Waals surface area contributed by atoms with Gasteiger partial charge in [-0.2, -0.15) is 0 Å². The van der Waals surface area contributed by atoms with Crippen LogP contribution in [0.5, 0.6) is 5.75 Å². The number of nitrogens with one attached hydrogen (secondary N) is 3. The molecule has 8 heteroatoms. The molecule has 0 amide bonds. The smallest absolute Gasteiger partial charge is 0.240 e. The molecule has 2 aromatic rings. The van der Waals surface area contributed by atoms with Crippen LogP contribution in [0.3, 0.4) is 0 Å². The van der Waals surface area contributed by atoms with Crippen LogP contribution in [0.2, 0.25) is 0 Å². The number of guanidine groups is 1. The standard InChI is InChI=1S/C21H28N4O3S/c1-3-23-21(24-12-10-16-6-9-20-18(14-16)11-13-28-20)25-15-17-4-7-19(8-5-17)29(26,27)22-2/h4-9,14,22H,3,10-13,15H2,1-2H3,(H2,23,24,25). The topological polar surface area (TPSA) is 91.8 Å². The van der Waals surface area contributed by atoms with E-state index in [1.54, 1.807) is 24.3 Å². The maximum absolute atomic E-state index is 11.8. The molecule has 1 aliphatic rings. The maximum atomic E-state index is 11.8. The van der Waals surface area contributed by atoms with Crippen molar-refractivity contribution < 1.29 is 13.2 Å². The molecule has 0 radical (unpaired) electrons. The van der Waals surface area contributed by atoms with Crippen LogP contribution < -0.4 is 20.1 Å². The van der Waals surface area contributed by atoms with Crippen LogP contribution in [0.4, 0.5) is 0 Å². The van der Waals surface area contributed by atoms with Gasteiger partial charge in [0.05, 0.1) is 18.0 Å². The van der Waals surface area contributed by atoms with Gasteiger partial charge in [0.25, 0.3) is 0 Å². The first kappa shape index (κ1) is 21.1. The molecule has 1 aliphatic heterocycles. The molecule has 1 heterocycles. The van der Waals surface area contributed by atoms with Crippen molar-refractivity contribution >= 4 is 16.0 Å². The minimum atomic E-state index is -3.42. The van der Waals surface area contributed by atoms with E-state index in [1.165, 1.54) is 18.2 Å². The lowest BCUT2D eigenvalue weighted by molar-refractivity contribution is 0.357. The quantitative estimate of drug-likeness (QED) is 0.451. The Labute approximate surface area is 172 Å². The molecule has 0 spiro atoms. The Morgan fingerprint density at radius 3 is 2.59 bits per heavy atom. The second kappa shape index (κ2) is 9.76. The first-order valence-corrected chi connectivity index (χ1v) is 11.3. The summed E-state index contributed by atoms with van der Waals surface area (Å²) < 4.78 is 31.5. The zero-order valence-corrected chi connectivity index (χ0v) is 17.7. The van der Waals surface area contributed by atoms with Gasteiger partial charge in [0.1, 0.15) is 5.75 Å². The molecule has 0 aromatic heterocycles. The molecular weight excluding hydrogens is 388 g/mol. The largest absolute Gasteiger partial charge is 0.493 e. The van der Waals surface area contributed by atoms with Gasteiger partial charge in [-0.1, -0.05) is 24.3 Å². The summed E-state index contributed by atoms with van der Waals surface area (Å²) in [6.07, 6.45) is 1.88. The lowest BCUT2D eigenvalue weighted by Crippen LogP contribution is -2.38. The van der Waals surface area contributed by atoms with Gasteiger partial charge in [0, 0.05) is 19.5 Å². The molecular formula is C21H28N4O3S. The Morgan fingerprint density at radius 2 is 1.86 bits per heavy atom. The Bertz CT molecular complexity index is 956. The first-order valence-electron chi connectivity index (χ1n) is 9.81. The Kier molecular flexibility index (Phi) is 7.11. The summed E-state index contributed by atoms with van der Waals surface area (Å²) in [5, 5.41) is 6.59. The predicted octanol–water partition coefficient (Wildman–Crippen LogP) is 1.83. The summed E-state index contributed by atoms with van der Waals surface area (Å²) in [6, 6.07) is 13.1. The third-order valence-electron chi connectivity index (χ3n) is 4.73. The molecule has 0 fully saturated rings. The number of hydrogen-bond donors (Lipinski definition) is 3. The van der Waals surface area contributed by atoms with Gasteiger partial charge in [-0.25, -0.2) is 18.1 Å². The molecule has 0 atom stereocenters. The fourth-order valence-electron chi connectivity index (χ4n) is 3.12. The fourth-order valence-corrected chi connectivity index (χ4v) is 3.85. The summed E-state index contributed by atoms with van der Waals surface area (Å²) in [5.41, 5.74) is 3.50. The van der Waals surface area contributed by atoms with E-state index in [4.69, 9.17) is 4.74 Å². The predicted molar refractivity (Wildman–Crippen MR) is 115 cm³/mol. The van der Waals surface area contributed by atoms with Crippen LogP contribution in [0, 0.1) is 0 Å². The van der Waals surface area contributed by atoms with Crippen molar-refractivity contribution in [3.8, 4) is 5.75 Å². The van der Waals surface area contributed by atoms with Crippen molar-refractivity contribution in [3.63, 3.8) is 0 Å². The minimum absolute atomic E-state index is 0.248. The highest BCUT2D eigenvalue weighted by atomic mass is 32.2. The number of hydrogen-bond acceptors (Lipinski definition) is 4. The number of aliphatic imine (C=N–C) groups is 1. The Morgan fingerprint density at radius 1 is 1.10 bits per heavy atom. The summed E-state index contributed by atoms with van der Waals surface area (Å²) in [4.78, 5) is 4.84. The normalized spacial score (nSPS) is 13.7. The molecule has 0 saturated carbocycles. The number of fused-ring (bicyclic) bond motifs is 1. The fraction of sp³-hybridized carbons (Fsp3) is 0.381. The average molecular weight is 417 g/mol. The molecule has 3 rings (SSSR count). The lowest BCUT2D eigenvalue weighted by atomic mass is 10.1. The van der Waals surface area contributed by atoms with Crippen LogP contribution in [-0.2, 0) is 29.4 Å². The zero-order valence-electron chi connectivity index (χ0n) is 16.9. The van der Waals surface area contributed by atoms with Crippen LogP contribution in [0.25, 0.3) is 0 Å². The van der Waals surface area contributed by atoms with Crippen LogP contribution in [-0.4, -0.2) is 41.1 Å². The van der Waals surface area contributed by atoms with E-state index in [9.17, 15) is 8.42 Å². The van der Waals surface area contributed by atoms with Crippen molar-refractivity contribution in [2.24, 2.45) is 4.99 Å². The van der Waals surface area contributed by atoms with Gasteiger partial charge in [0.15, 0.2) is 5.96 Å². The van der Waals surface area contributed by atoms with Gasteiger partial charge in [-0.3, -0.25) is 0 Å². The molecule has 0 aliphatic carbocycles. The third kappa shape index (κ3) is 5.71. The highest BCUT2D eigenvalue weighted by molar-refractivity contribution is 7.89. The minimum Gasteiger partial charge on any atom is -0.493 e. The number of ether oxygens (including phenoxy) is 1. The van der Waals surface area contributed by atoms with E-state index in [2.05, 4.69) is 38.5 Å².